The molecule has 1 aromatic rings. The lowest BCUT2D eigenvalue weighted by molar-refractivity contribution is -0.134. The second-order valence-corrected chi connectivity index (χ2v) is 3.15. The van der Waals surface area contributed by atoms with Gasteiger partial charge in [-0.1, -0.05) is 6.92 Å². The van der Waals surface area contributed by atoms with Crippen LogP contribution in [0.5, 0.6) is 0 Å². The number of rotatable bonds is 1. The first-order chi connectivity index (χ1) is 6.47. The number of H-pyrrole nitrogens is 1. The van der Waals surface area contributed by atoms with Gasteiger partial charge in [0.1, 0.15) is 0 Å². The summed E-state index contributed by atoms with van der Waals surface area (Å²) in [5.74, 6) is -0.833. The van der Waals surface area contributed by atoms with Crippen LogP contribution < -0.4 is 5.56 Å². The molecule has 0 aliphatic heterocycles. The number of nitrogens with zero attached hydrogens (tertiary/aromatic N) is 1. The third-order valence-corrected chi connectivity index (χ3v) is 1.74. The van der Waals surface area contributed by atoms with Crippen molar-refractivity contribution in [3.05, 3.63) is 26.8 Å². The fourth-order valence-corrected chi connectivity index (χ4v) is 0.804. The summed E-state index contributed by atoms with van der Waals surface area (Å²) in [6.45, 7) is 3.04. The fraction of sp³-hybridized carbons (Fsp3) is 0.375. The SMILES string of the molecule is CC(=O)O.CCc1cnc(Br)c(=O)[nH]1. The van der Waals surface area contributed by atoms with E-state index in [0.717, 1.165) is 19.0 Å². The third kappa shape index (κ3) is 5.47. The van der Waals surface area contributed by atoms with Gasteiger partial charge >= 0.3 is 0 Å². The van der Waals surface area contributed by atoms with E-state index in [1.54, 1.807) is 6.20 Å². The highest BCUT2D eigenvalue weighted by molar-refractivity contribution is 9.10. The second kappa shape index (κ2) is 6.31. The number of halogens is 1. The van der Waals surface area contributed by atoms with Gasteiger partial charge in [-0.2, -0.15) is 0 Å². The highest BCUT2D eigenvalue weighted by atomic mass is 79.9. The highest BCUT2D eigenvalue weighted by Crippen LogP contribution is 1.96. The van der Waals surface area contributed by atoms with Gasteiger partial charge in [0.25, 0.3) is 11.5 Å². The number of carbonyl (C=O) groups is 1. The lowest BCUT2D eigenvalue weighted by atomic mass is 10.4. The van der Waals surface area contributed by atoms with Crippen molar-refractivity contribution in [3.8, 4) is 0 Å². The van der Waals surface area contributed by atoms with Gasteiger partial charge in [0, 0.05) is 18.8 Å². The standard InChI is InChI=1S/C6H7BrN2O.C2H4O2/c1-2-4-3-8-5(7)6(10)9-4;1-2(3)4/h3H,2H2,1H3,(H,9,10);1H3,(H,3,4). The monoisotopic (exact) mass is 262 g/mol. The van der Waals surface area contributed by atoms with Crippen LogP contribution in [-0.4, -0.2) is 21.0 Å². The molecule has 0 spiro atoms. The molecule has 78 valence electrons. The van der Waals surface area contributed by atoms with Crippen molar-refractivity contribution < 1.29 is 9.90 Å². The topological polar surface area (TPSA) is 83.0 Å². The molecule has 0 saturated carbocycles. The molecule has 0 saturated heterocycles. The average Bonchev–Trinajstić information content (AvgIpc) is 2.09. The van der Waals surface area contributed by atoms with E-state index in [0.29, 0.717) is 4.60 Å². The van der Waals surface area contributed by atoms with E-state index >= 15 is 0 Å². The van der Waals surface area contributed by atoms with Gasteiger partial charge in [-0.25, -0.2) is 4.98 Å². The van der Waals surface area contributed by atoms with E-state index < -0.39 is 5.97 Å². The zero-order valence-corrected chi connectivity index (χ0v) is 9.46. The number of aliphatic carboxylic acids is 1. The molecule has 1 heterocycles. The van der Waals surface area contributed by atoms with Crippen LogP contribution in [0.3, 0.4) is 0 Å². The van der Waals surface area contributed by atoms with Gasteiger partial charge in [0.05, 0.1) is 0 Å². The minimum absolute atomic E-state index is 0.167. The van der Waals surface area contributed by atoms with Gasteiger partial charge in [-0.3, -0.25) is 9.59 Å². The molecule has 14 heavy (non-hydrogen) atoms. The normalized spacial score (nSPS) is 8.79. The molecule has 5 nitrogen and oxygen atoms in total. The zero-order valence-electron chi connectivity index (χ0n) is 7.87. The summed E-state index contributed by atoms with van der Waals surface area (Å²) in [7, 11) is 0. The second-order valence-electron chi connectivity index (χ2n) is 2.40. The van der Waals surface area contributed by atoms with E-state index in [-0.39, 0.29) is 5.56 Å². The number of hydrogen-bond acceptors (Lipinski definition) is 3. The summed E-state index contributed by atoms with van der Waals surface area (Å²) in [5.41, 5.74) is 0.688. The Morgan fingerprint density at radius 2 is 2.21 bits per heavy atom. The Labute approximate surface area is 89.3 Å². The van der Waals surface area contributed by atoms with Crippen LogP contribution in [-0.2, 0) is 11.2 Å². The molecule has 0 unspecified atom stereocenters. The minimum atomic E-state index is -0.833. The fourth-order valence-electron chi connectivity index (χ4n) is 0.603. The summed E-state index contributed by atoms with van der Waals surface area (Å²) in [4.78, 5) is 26.3. The summed E-state index contributed by atoms with van der Waals surface area (Å²) in [6, 6.07) is 0. The van der Waals surface area contributed by atoms with Crippen LogP contribution in [0.4, 0.5) is 0 Å². The maximum Gasteiger partial charge on any atom is 0.300 e. The summed E-state index contributed by atoms with van der Waals surface area (Å²) >= 11 is 3.00. The molecule has 2 N–H and O–H groups in total. The van der Waals surface area contributed by atoms with Crippen molar-refractivity contribution in [3.63, 3.8) is 0 Å². The Bertz CT molecular complexity index is 358. The number of nitrogens with one attached hydrogen (secondary N) is 1. The molecule has 0 radical (unpaired) electrons. The van der Waals surface area contributed by atoms with E-state index in [1.807, 2.05) is 6.92 Å². The zero-order chi connectivity index (χ0) is 11.1. The summed E-state index contributed by atoms with van der Waals surface area (Å²) in [5, 5.41) is 7.42. The number of aromatic nitrogens is 2. The van der Waals surface area contributed by atoms with Crippen molar-refractivity contribution in [2.45, 2.75) is 20.3 Å². The number of aryl methyl sites for hydroxylation is 1. The van der Waals surface area contributed by atoms with Crippen LogP contribution >= 0.6 is 15.9 Å². The van der Waals surface area contributed by atoms with Crippen molar-refractivity contribution in [1.29, 1.82) is 0 Å². The number of aromatic amines is 1. The Kier molecular flexibility index (Phi) is 5.78. The van der Waals surface area contributed by atoms with Crippen LogP contribution in [0, 0.1) is 0 Å². The Balaban J connectivity index is 0.000000364. The lowest BCUT2D eigenvalue weighted by Gasteiger charge is -1.93. The van der Waals surface area contributed by atoms with Crippen molar-refractivity contribution >= 4 is 21.9 Å². The largest absolute Gasteiger partial charge is 0.481 e. The van der Waals surface area contributed by atoms with Crippen LogP contribution in [0.15, 0.2) is 15.6 Å². The van der Waals surface area contributed by atoms with Gasteiger partial charge in [-0.15, -0.1) is 0 Å². The Morgan fingerprint density at radius 3 is 2.57 bits per heavy atom. The number of hydrogen-bond donors (Lipinski definition) is 2. The maximum absolute atomic E-state index is 10.8. The molecular weight excluding hydrogens is 252 g/mol. The molecule has 6 heteroatoms. The minimum Gasteiger partial charge on any atom is -0.481 e. The van der Waals surface area contributed by atoms with Crippen molar-refractivity contribution in [2.24, 2.45) is 0 Å². The van der Waals surface area contributed by atoms with E-state index in [2.05, 4.69) is 25.9 Å². The molecule has 0 aliphatic carbocycles. The first-order valence-electron chi connectivity index (χ1n) is 3.90. The summed E-state index contributed by atoms with van der Waals surface area (Å²) in [6.07, 6.45) is 2.45. The number of carboxylic acid groups (broad SMARTS) is 1. The Hall–Kier alpha value is -1.17. The summed E-state index contributed by atoms with van der Waals surface area (Å²) < 4.78 is 0.338. The van der Waals surface area contributed by atoms with Crippen LogP contribution in [0.25, 0.3) is 0 Å². The van der Waals surface area contributed by atoms with Crippen LogP contribution in [0.2, 0.25) is 0 Å². The van der Waals surface area contributed by atoms with Crippen molar-refractivity contribution in [2.75, 3.05) is 0 Å². The third-order valence-electron chi connectivity index (χ3n) is 1.18. The van der Waals surface area contributed by atoms with Gasteiger partial charge in [0.2, 0.25) is 0 Å². The first kappa shape index (κ1) is 12.8. The van der Waals surface area contributed by atoms with Crippen molar-refractivity contribution in [1.82, 2.24) is 9.97 Å². The molecular formula is C8H11BrN2O3. The van der Waals surface area contributed by atoms with Gasteiger partial charge in [0.15, 0.2) is 4.60 Å². The molecule has 0 atom stereocenters. The van der Waals surface area contributed by atoms with E-state index in [4.69, 9.17) is 9.90 Å². The van der Waals surface area contributed by atoms with Crippen LogP contribution in [0.1, 0.15) is 19.5 Å². The Morgan fingerprint density at radius 1 is 1.71 bits per heavy atom. The lowest BCUT2D eigenvalue weighted by Crippen LogP contribution is -2.10. The first-order valence-corrected chi connectivity index (χ1v) is 4.69. The average molecular weight is 263 g/mol. The van der Waals surface area contributed by atoms with E-state index in [1.165, 1.54) is 0 Å². The number of carboxylic acids is 1. The smallest absolute Gasteiger partial charge is 0.300 e. The molecule has 1 aromatic heterocycles. The predicted octanol–water partition coefficient (Wildman–Crippen LogP) is 1.19. The molecule has 0 bridgehead atoms. The molecule has 1 rings (SSSR count). The van der Waals surface area contributed by atoms with Gasteiger partial charge in [-0.05, 0) is 22.4 Å². The molecule has 0 fully saturated rings. The quantitative estimate of drug-likeness (QED) is 0.797. The molecule has 0 aromatic carbocycles. The van der Waals surface area contributed by atoms with E-state index in [9.17, 15) is 4.79 Å². The molecule has 0 aliphatic rings. The molecule has 0 amide bonds. The van der Waals surface area contributed by atoms with Gasteiger partial charge < -0.3 is 10.1 Å². The maximum atomic E-state index is 10.8. The predicted molar refractivity (Wildman–Crippen MR) is 55.2 cm³/mol. The highest BCUT2D eigenvalue weighted by Gasteiger charge is 1.95.